The van der Waals surface area contributed by atoms with Crippen LogP contribution in [0.2, 0.25) is 0 Å². The van der Waals surface area contributed by atoms with Crippen molar-refractivity contribution < 1.29 is 23.5 Å². The van der Waals surface area contributed by atoms with Crippen LogP contribution in [0.3, 0.4) is 0 Å². The van der Waals surface area contributed by atoms with E-state index in [2.05, 4.69) is 10.3 Å². The van der Waals surface area contributed by atoms with Crippen molar-refractivity contribution in [1.82, 2.24) is 19.8 Å². The van der Waals surface area contributed by atoms with Gasteiger partial charge >= 0.3 is 5.97 Å². The van der Waals surface area contributed by atoms with Gasteiger partial charge in [0, 0.05) is 12.6 Å². The summed E-state index contributed by atoms with van der Waals surface area (Å²) in [6, 6.07) is 5.86. The number of amides is 2. The molecule has 1 fully saturated rings. The fourth-order valence-corrected chi connectivity index (χ4v) is 4.72. The van der Waals surface area contributed by atoms with E-state index in [4.69, 9.17) is 4.74 Å². The van der Waals surface area contributed by atoms with Gasteiger partial charge in [-0.2, -0.15) is 0 Å². The third-order valence-corrected chi connectivity index (χ3v) is 6.67. The lowest BCUT2D eigenvalue weighted by Crippen LogP contribution is -2.64. The molecule has 0 saturated heterocycles. The Bertz CT molecular complexity index is 1040. The number of benzene rings is 1. The van der Waals surface area contributed by atoms with Crippen molar-refractivity contribution >= 4 is 17.8 Å². The zero-order valence-corrected chi connectivity index (χ0v) is 19.0. The summed E-state index contributed by atoms with van der Waals surface area (Å²) < 4.78 is 19.8. The molecule has 1 atom stereocenters. The van der Waals surface area contributed by atoms with E-state index in [1.165, 1.54) is 30.5 Å². The monoisotopic (exact) mass is 456 g/mol. The van der Waals surface area contributed by atoms with Crippen LogP contribution in [0, 0.1) is 5.82 Å². The molecule has 1 aromatic heterocycles. The average Bonchev–Trinajstić information content (AvgIpc) is 3.05. The lowest BCUT2D eigenvalue weighted by atomic mass is 9.92. The van der Waals surface area contributed by atoms with Crippen LogP contribution in [0.4, 0.5) is 4.39 Å². The largest absolute Gasteiger partial charge is 0.464 e. The summed E-state index contributed by atoms with van der Waals surface area (Å²) in [5.41, 5.74) is -0.550. The maximum atomic E-state index is 13.7. The highest BCUT2D eigenvalue weighted by atomic mass is 19.1. The zero-order valence-electron chi connectivity index (χ0n) is 19.0. The number of ether oxygens (including phenoxy) is 1. The third kappa shape index (κ3) is 4.49. The van der Waals surface area contributed by atoms with Gasteiger partial charge in [0.1, 0.15) is 17.1 Å². The van der Waals surface area contributed by atoms with Crippen LogP contribution in [0.1, 0.15) is 72.0 Å². The van der Waals surface area contributed by atoms with Gasteiger partial charge in [-0.1, -0.05) is 37.8 Å². The average molecular weight is 457 g/mol. The highest BCUT2D eigenvalue weighted by Gasteiger charge is 2.49. The van der Waals surface area contributed by atoms with Crippen LogP contribution in [0.15, 0.2) is 30.6 Å². The summed E-state index contributed by atoms with van der Waals surface area (Å²) in [5.74, 6) is -1.85. The molecule has 2 aromatic rings. The Morgan fingerprint density at radius 3 is 2.48 bits per heavy atom. The summed E-state index contributed by atoms with van der Waals surface area (Å²) >= 11 is 0. The summed E-state index contributed by atoms with van der Waals surface area (Å²) in [4.78, 5) is 45.0. The molecule has 1 aliphatic carbocycles. The molecule has 33 heavy (non-hydrogen) atoms. The number of fused-ring (bicyclic) bond motifs is 1. The Hall–Kier alpha value is -3.23. The summed E-state index contributed by atoms with van der Waals surface area (Å²) in [6.07, 6.45) is 7.67. The highest BCUT2D eigenvalue weighted by molar-refractivity contribution is 6.06. The maximum absolute atomic E-state index is 13.7. The number of carbonyl (C=O) groups excluding carboxylic acids is 3. The molecule has 2 heterocycles. The van der Waals surface area contributed by atoms with E-state index >= 15 is 0 Å². The van der Waals surface area contributed by atoms with Crippen molar-refractivity contribution in [3.63, 3.8) is 0 Å². The van der Waals surface area contributed by atoms with E-state index in [9.17, 15) is 18.8 Å². The number of nitrogens with one attached hydrogen (secondary N) is 1. The predicted octanol–water partition coefficient (Wildman–Crippen LogP) is 3.06. The van der Waals surface area contributed by atoms with Crippen molar-refractivity contribution in [2.45, 2.75) is 70.1 Å². The molecule has 0 radical (unpaired) electrons. The molecular weight excluding hydrogens is 427 g/mol. The molecule has 8 nitrogen and oxygen atoms in total. The van der Waals surface area contributed by atoms with Crippen LogP contribution in [-0.4, -0.2) is 50.9 Å². The van der Waals surface area contributed by atoms with E-state index in [0.717, 1.165) is 38.5 Å². The van der Waals surface area contributed by atoms with E-state index in [-0.39, 0.29) is 42.2 Å². The number of imidazole rings is 1. The van der Waals surface area contributed by atoms with E-state index in [1.807, 2.05) is 0 Å². The molecule has 0 bridgehead atoms. The van der Waals surface area contributed by atoms with Gasteiger partial charge in [0.05, 0.1) is 20.0 Å². The molecule has 2 amide bonds. The standard InChI is InChI=1S/C24H29FN4O4/c1-24(23(32)27-18-7-5-3-4-6-8-18)14-28-15-26-19(22(31)33-2)20(28)21(30)29(24)13-16-9-11-17(25)12-10-16/h9-12,15,18H,3-8,13-14H2,1-2H3,(H,27,32). The van der Waals surface area contributed by atoms with Crippen molar-refractivity contribution in [3.05, 3.63) is 53.4 Å². The molecule has 1 N–H and O–H groups in total. The number of carbonyl (C=O) groups is 3. The van der Waals surface area contributed by atoms with Crippen molar-refractivity contribution in [2.75, 3.05) is 7.11 Å². The fraction of sp³-hybridized carbons (Fsp3) is 0.500. The van der Waals surface area contributed by atoms with Gasteiger partial charge in [-0.25, -0.2) is 14.2 Å². The van der Waals surface area contributed by atoms with Crippen LogP contribution >= 0.6 is 0 Å². The Morgan fingerprint density at radius 2 is 1.85 bits per heavy atom. The Morgan fingerprint density at radius 1 is 1.18 bits per heavy atom. The molecular formula is C24H29FN4O4. The SMILES string of the molecule is COC(=O)c1ncn2c1C(=O)N(Cc1ccc(F)cc1)C(C)(C(=O)NC1CCCCCC1)C2. The van der Waals surface area contributed by atoms with E-state index in [1.54, 1.807) is 23.6 Å². The summed E-state index contributed by atoms with van der Waals surface area (Å²) in [6.45, 7) is 1.94. The molecule has 9 heteroatoms. The minimum absolute atomic E-state index is 0.0643. The van der Waals surface area contributed by atoms with Crippen LogP contribution in [0.25, 0.3) is 0 Å². The smallest absolute Gasteiger partial charge is 0.359 e. The van der Waals surface area contributed by atoms with Gasteiger partial charge < -0.3 is 19.5 Å². The van der Waals surface area contributed by atoms with Crippen LogP contribution in [-0.2, 0) is 22.6 Å². The van der Waals surface area contributed by atoms with Gasteiger partial charge in [0.15, 0.2) is 5.69 Å². The number of rotatable bonds is 5. The maximum Gasteiger partial charge on any atom is 0.359 e. The molecule has 4 rings (SSSR count). The van der Waals surface area contributed by atoms with Gasteiger partial charge in [-0.15, -0.1) is 0 Å². The first-order valence-corrected chi connectivity index (χ1v) is 11.3. The topological polar surface area (TPSA) is 93.5 Å². The minimum atomic E-state index is -1.22. The number of nitrogens with zero attached hydrogens (tertiary/aromatic N) is 3. The molecule has 0 spiro atoms. The summed E-state index contributed by atoms with van der Waals surface area (Å²) in [7, 11) is 1.22. The zero-order chi connectivity index (χ0) is 23.6. The van der Waals surface area contributed by atoms with Crippen LogP contribution < -0.4 is 5.32 Å². The number of esters is 1. The normalized spacial score (nSPS) is 21.3. The molecule has 1 saturated carbocycles. The van der Waals surface area contributed by atoms with E-state index in [0.29, 0.717) is 5.56 Å². The Labute approximate surface area is 192 Å². The van der Waals surface area contributed by atoms with Gasteiger partial charge in [0.2, 0.25) is 5.91 Å². The molecule has 1 aliphatic heterocycles. The van der Waals surface area contributed by atoms with Crippen molar-refractivity contribution in [3.8, 4) is 0 Å². The van der Waals surface area contributed by atoms with E-state index < -0.39 is 17.4 Å². The Balaban J connectivity index is 1.69. The first kappa shape index (κ1) is 22.9. The summed E-state index contributed by atoms with van der Waals surface area (Å²) in [5, 5.41) is 3.17. The fourth-order valence-electron chi connectivity index (χ4n) is 4.72. The van der Waals surface area contributed by atoms with Crippen LogP contribution in [0.5, 0.6) is 0 Å². The quantitative estimate of drug-likeness (QED) is 0.551. The molecule has 2 aliphatic rings. The number of methoxy groups -OCH3 is 1. The van der Waals surface area contributed by atoms with Gasteiger partial charge in [-0.05, 0) is 37.5 Å². The molecule has 1 aromatic carbocycles. The second kappa shape index (κ2) is 9.33. The second-order valence-corrected chi connectivity index (χ2v) is 9.01. The number of hydrogen-bond acceptors (Lipinski definition) is 5. The van der Waals surface area contributed by atoms with Gasteiger partial charge in [0.25, 0.3) is 5.91 Å². The predicted molar refractivity (Wildman–Crippen MR) is 118 cm³/mol. The van der Waals surface area contributed by atoms with Crippen molar-refractivity contribution in [2.24, 2.45) is 0 Å². The number of aromatic nitrogens is 2. The molecule has 1 unspecified atom stereocenters. The highest BCUT2D eigenvalue weighted by Crippen LogP contribution is 2.31. The number of halogens is 1. The third-order valence-electron chi connectivity index (χ3n) is 6.67. The lowest BCUT2D eigenvalue weighted by molar-refractivity contribution is -0.134. The Kier molecular flexibility index (Phi) is 6.49. The molecule has 176 valence electrons. The first-order chi connectivity index (χ1) is 15.8. The van der Waals surface area contributed by atoms with Gasteiger partial charge in [-0.3, -0.25) is 9.59 Å². The lowest BCUT2D eigenvalue weighted by Gasteiger charge is -2.44. The number of hydrogen-bond donors (Lipinski definition) is 1. The first-order valence-electron chi connectivity index (χ1n) is 11.3. The van der Waals surface area contributed by atoms with Crippen molar-refractivity contribution in [1.29, 1.82) is 0 Å². The minimum Gasteiger partial charge on any atom is -0.464 e. The second-order valence-electron chi connectivity index (χ2n) is 9.01.